The first-order chi connectivity index (χ1) is 8.22. The fraction of sp³-hybridized carbons (Fsp3) is 0.0833. The Bertz CT molecular complexity index is 590. The average molecular weight is 230 g/mol. The van der Waals surface area contributed by atoms with Crippen LogP contribution >= 0.6 is 0 Å². The number of hydrogen-bond acceptors (Lipinski definition) is 4. The summed E-state index contributed by atoms with van der Waals surface area (Å²) in [6.45, 7) is 0. The summed E-state index contributed by atoms with van der Waals surface area (Å²) >= 11 is 0. The largest absolute Gasteiger partial charge is 0.464 e. The van der Waals surface area contributed by atoms with Crippen LogP contribution in [-0.4, -0.2) is 22.6 Å². The molecule has 0 bridgehead atoms. The number of benzene rings is 1. The zero-order valence-electron chi connectivity index (χ0n) is 9.16. The van der Waals surface area contributed by atoms with E-state index in [2.05, 4.69) is 9.72 Å². The summed E-state index contributed by atoms with van der Waals surface area (Å²) in [4.78, 5) is 26.7. The molecule has 0 aliphatic rings. The van der Waals surface area contributed by atoms with Gasteiger partial charge in [0, 0.05) is 11.9 Å². The summed E-state index contributed by atoms with van der Waals surface area (Å²) in [6, 6.07) is 8.99. The van der Waals surface area contributed by atoms with Crippen LogP contribution in [0.2, 0.25) is 0 Å². The minimum atomic E-state index is -0.574. The van der Waals surface area contributed by atoms with Crippen molar-refractivity contribution in [3.8, 4) is 5.69 Å². The summed E-state index contributed by atoms with van der Waals surface area (Å²) in [5.74, 6) is -0.574. The Morgan fingerprint density at radius 1 is 1.29 bits per heavy atom. The quantitative estimate of drug-likeness (QED) is 0.722. The average Bonchev–Trinajstić information content (AvgIpc) is 2.39. The highest BCUT2D eigenvalue weighted by molar-refractivity contribution is 5.86. The van der Waals surface area contributed by atoms with Crippen LogP contribution < -0.4 is 5.56 Å². The Labute approximate surface area is 97.3 Å². The van der Waals surface area contributed by atoms with Crippen LogP contribution in [0.25, 0.3) is 5.69 Å². The van der Waals surface area contributed by atoms with Crippen LogP contribution in [0.4, 0.5) is 0 Å². The molecular weight excluding hydrogens is 220 g/mol. The molecule has 0 unspecified atom stereocenters. The second kappa shape index (κ2) is 4.61. The number of carbonyl (C=O) groups is 1. The molecule has 0 amide bonds. The first-order valence-corrected chi connectivity index (χ1v) is 4.95. The highest BCUT2D eigenvalue weighted by Crippen LogP contribution is 2.04. The van der Waals surface area contributed by atoms with Gasteiger partial charge < -0.3 is 4.74 Å². The summed E-state index contributed by atoms with van der Waals surface area (Å²) in [6.07, 6.45) is 2.46. The lowest BCUT2D eigenvalue weighted by atomic mass is 10.3. The number of hydrogen-bond donors (Lipinski definition) is 0. The lowest BCUT2D eigenvalue weighted by Crippen LogP contribution is -2.20. The van der Waals surface area contributed by atoms with Crippen molar-refractivity contribution in [2.45, 2.75) is 0 Å². The maximum absolute atomic E-state index is 11.6. The van der Waals surface area contributed by atoms with Gasteiger partial charge in [0.05, 0.1) is 13.3 Å². The van der Waals surface area contributed by atoms with Gasteiger partial charge in [0.25, 0.3) is 5.56 Å². The maximum Gasteiger partial charge on any atom is 0.358 e. The van der Waals surface area contributed by atoms with E-state index in [0.717, 1.165) is 6.20 Å². The minimum Gasteiger partial charge on any atom is -0.464 e. The van der Waals surface area contributed by atoms with Crippen molar-refractivity contribution in [3.05, 3.63) is 58.8 Å². The van der Waals surface area contributed by atoms with Gasteiger partial charge in [-0.15, -0.1) is 0 Å². The van der Waals surface area contributed by atoms with E-state index in [1.807, 2.05) is 6.07 Å². The summed E-state index contributed by atoms with van der Waals surface area (Å²) in [5, 5.41) is 0. The van der Waals surface area contributed by atoms with E-state index >= 15 is 0 Å². The Morgan fingerprint density at radius 3 is 2.65 bits per heavy atom. The molecule has 0 saturated carbocycles. The Hall–Kier alpha value is -2.43. The molecule has 2 rings (SSSR count). The molecule has 5 nitrogen and oxygen atoms in total. The van der Waals surface area contributed by atoms with Crippen LogP contribution in [-0.2, 0) is 4.74 Å². The van der Waals surface area contributed by atoms with E-state index in [0.29, 0.717) is 5.69 Å². The fourth-order valence-corrected chi connectivity index (χ4v) is 1.41. The van der Waals surface area contributed by atoms with Crippen LogP contribution in [0.1, 0.15) is 10.5 Å². The zero-order chi connectivity index (χ0) is 12.3. The maximum atomic E-state index is 11.6. The van der Waals surface area contributed by atoms with Crippen LogP contribution in [0.3, 0.4) is 0 Å². The fourth-order valence-electron chi connectivity index (χ4n) is 1.41. The second-order valence-electron chi connectivity index (χ2n) is 3.31. The highest BCUT2D eigenvalue weighted by Gasteiger charge is 2.09. The molecule has 5 heteroatoms. The molecule has 2 aromatic rings. The number of esters is 1. The Morgan fingerprint density at radius 2 is 2.00 bits per heavy atom. The molecule has 0 aliphatic carbocycles. The van der Waals surface area contributed by atoms with Gasteiger partial charge in [0.15, 0.2) is 5.69 Å². The van der Waals surface area contributed by atoms with Gasteiger partial charge in [0.2, 0.25) is 0 Å². The molecule has 1 aromatic carbocycles. The van der Waals surface area contributed by atoms with E-state index in [4.69, 9.17) is 0 Å². The van der Waals surface area contributed by atoms with Crippen molar-refractivity contribution in [1.82, 2.24) is 9.55 Å². The number of para-hydroxylation sites is 1. The summed E-state index contributed by atoms with van der Waals surface area (Å²) < 4.78 is 5.90. The van der Waals surface area contributed by atoms with E-state index in [1.54, 1.807) is 24.3 Å². The molecule has 0 saturated heterocycles. The Balaban J connectivity index is 2.55. The molecule has 0 fully saturated rings. The molecular formula is C12H10N2O3. The predicted octanol–water partition coefficient (Wildman–Crippen LogP) is 1.02. The number of carbonyl (C=O) groups excluding carboxylic acids is 1. The van der Waals surface area contributed by atoms with Crippen LogP contribution in [0.15, 0.2) is 47.5 Å². The monoisotopic (exact) mass is 230 g/mol. The van der Waals surface area contributed by atoms with E-state index in [1.165, 1.54) is 17.9 Å². The first kappa shape index (κ1) is 11.1. The molecule has 86 valence electrons. The van der Waals surface area contributed by atoms with Crippen molar-refractivity contribution in [3.63, 3.8) is 0 Å². The van der Waals surface area contributed by atoms with Gasteiger partial charge in [-0.25, -0.2) is 9.78 Å². The summed E-state index contributed by atoms with van der Waals surface area (Å²) in [7, 11) is 1.27. The zero-order valence-corrected chi connectivity index (χ0v) is 9.16. The molecule has 1 aromatic heterocycles. The lowest BCUT2D eigenvalue weighted by Gasteiger charge is -2.06. The van der Waals surface area contributed by atoms with Crippen molar-refractivity contribution in [1.29, 1.82) is 0 Å². The SMILES string of the molecule is COC(=O)c1cn(-c2ccccc2)c(=O)cn1. The lowest BCUT2D eigenvalue weighted by molar-refractivity contribution is 0.0593. The number of methoxy groups -OCH3 is 1. The Kier molecular flexibility index (Phi) is 3.00. The molecule has 0 spiro atoms. The predicted molar refractivity (Wildman–Crippen MR) is 61.2 cm³/mol. The minimum absolute atomic E-state index is 0.0935. The molecule has 17 heavy (non-hydrogen) atoms. The normalized spacial score (nSPS) is 9.94. The van der Waals surface area contributed by atoms with E-state index in [-0.39, 0.29) is 11.3 Å². The molecule has 1 heterocycles. The number of aromatic nitrogens is 2. The van der Waals surface area contributed by atoms with Gasteiger partial charge >= 0.3 is 5.97 Å². The van der Waals surface area contributed by atoms with Gasteiger partial charge in [-0.2, -0.15) is 0 Å². The van der Waals surface area contributed by atoms with E-state index < -0.39 is 5.97 Å². The van der Waals surface area contributed by atoms with Gasteiger partial charge in [-0.3, -0.25) is 9.36 Å². The first-order valence-electron chi connectivity index (χ1n) is 4.95. The van der Waals surface area contributed by atoms with Crippen LogP contribution in [0.5, 0.6) is 0 Å². The highest BCUT2D eigenvalue weighted by atomic mass is 16.5. The van der Waals surface area contributed by atoms with Gasteiger partial charge in [-0.1, -0.05) is 18.2 Å². The number of ether oxygens (including phenoxy) is 1. The molecule has 0 aliphatic heterocycles. The van der Waals surface area contributed by atoms with Gasteiger partial charge in [0.1, 0.15) is 0 Å². The van der Waals surface area contributed by atoms with Gasteiger partial charge in [-0.05, 0) is 12.1 Å². The number of rotatable bonds is 2. The second-order valence-corrected chi connectivity index (χ2v) is 3.31. The van der Waals surface area contributed by atoms with Crippen molar-refractivity contribution in [2.75, 3.05) is 7.11 Å². The smallest absolute Gasteiger partial charge is 0.358 e. The van der Waals surface area contributed by atoms with Crippen molar-refractivity contribution >= 4 is 5.97 Å². The molecule has 0 radical (unpaired) electrons. The molecule has 0 N–H and O–H groups in total. The molecule has 0 atom stereocenters. The third-order valence-electron chi connectivity index (χ3n) is 2.23. The van der Waals surface area contributed by atoms with Crippen molar-refractivity contribution in [2.24, 2.45) is 0 Å². The third kappa shape index (κ3) is 2.23. The number of nitrogens with zero attached hydrogens (tertiary/aromatic N) is 2. The topological polar surface area (TPSA) is 61.2 Å². The standard InChI is InChI=1S/C12H10N2O3/c1-17-12(16)10-8-14(11(15)7-13-10)9-5-3-2-4-6-9/h2-8H,1H3. The van der Waals surface area contributed by atoms with Crippen molar-refractivity contribution < 1.29 is 9.53 Å². The van der Waals surface area contributed by atoms with Crippen LogP contribution in [0, 0.1) is 0 Å². The third-order valence-corrected chi connectivity index (χ3v) is 2.23. The van der Waals surface area contributed by atoms with E-state index in [9.17, 15) is 9.59 Å². The summed E-state index contributed by atoms with van der Waals surface area (Å²) in [5.41, 5.74) is 0.463.